The summed E-state index contributed by atoms with van der Waals surface area (Å²) in [6.07, 6.45) is 0. The Hall–Kier alpha value is -2.42. The fourth-order valence-corrected chi connectivity index (χ4v) is 5.97. The first kappa shape index (κ1) is 25.7. The zero-order chi connectivity index (χ0) is 25.2. The molecule has 3 aromatic carbocycles. The van der Waals surface area contributed by atoms with E-state index in [4.69, 9.17) is 0 Å². The molecule has 0 spiro atoms. The normalized spacial score (nSPS) is 11.5. The van der Waals surface area contributed by atoms with Gasteiger partial charge in [-0.25, -0.2) is 0 Å². The van der Waals surface area contributed by atoms with Gasteiger partial charge in [0.2, 0.25) is 5.91 Å². The van der Waals surface area contributed by atoms with Crippen LogP contribution in [0.3, 0.4) is 0 Å². The summed E-state index contributed by atoms with van der Waals surface area (Å²) in [5.41, 5.74) is 5.05. The molecule has 0 aliphatic rings. The third kappa shape index (κ3) is 6.05. The van der Waals surface area contributed by atoms with E-state index in [-0.39, 0.29) is 17.1 Å². The van der Waals surface area contributed by atoms with Crippen molar-refractivity contribution in [2.24, 2.45) is 0 Å². The van der Waals surface area contributed by atoms with Crippen LogP contribution in [0.25, 0.3) is 17.1 Å². The molecule has 180 valence electrons. The maximum absolute atomic E-state index is 12.8. The molecule has 1 aromatic heterocycles. The number of amides is 1. The molecule has 4 rings (SSSR count). The molecule has 1 amide bonds. The number of rotatable bonds is 6. The summed E-state index contributed by atoms with van der Waals surface area (Å²) in [7, 11) is 0. The number of hydrogen-bond acceptors (Lipinski definition) is 4. The molecule has 0 saturated carbocycles. The number of para-hydroxylation sites is 1. The molecule has 0 aliphatic heterocycles. The number of nitrogens with one attached hydrogen (secondary N) is 1. The first-order valence-electron chi connectivity index (χ1n) is 11.1. The van der Waals surface area contributed by atoms with Crippen LogP contribution in [0.2, 0.25) is 0 Å². The molecule has 5 nitrogen and oxygen atoms in total. The van der Waals surface area contributed by atoms with Gasteiger partial charge in [-0.2, -0.15) is 0 Å². The van der Waals surface area contributed by atoms with Gasteiger partial charge in [-0.15, -0.1) is 10.2 Å². The van der Waals surface area contributed by atoms with Crippen LogP contribution in [0.15, 0.2) is 80.8 Å². The fourth-order valence-electron chi connectivity index (χ4n) is 3.60. The number of anilines is 1. The molecule has 0 bridgehead atoms. The van der Waals surface area contributed by atoms with Crippen LogP contribution in [-0.4, -0.2) is 26.4 Å². The number of aryl methyl sites for hydroxylation is 1. The van der Waals surface area contributed by atoms with Gasteiger partial charge in [0.05, 0.1) is 11.4 Å². The van der Waals surface area contributed by atoms with E-state index >= 15 is 0 Å². The zero-order valence-corrected chi connectivity index (χ0v) is 24.0. The third-order valence-corrected chi connectivity index (χ3v) is 7.62. The second-order valence-electron chi connectivity index (χ2n) is 9.24. The molecule has 0 radical (unpaired) electrons. The standard InChI is InChI=1S/C27H26Br2N4OS/c1-17-14-21(28)24(22(29)15-17)30-23(34)16-35-26-32-31-25(33(26)20-8-6-5-7-9-20)18-10-12-19(13-11-18)27(2,3)4/h5-15H,16H2,1-4H3,(H,30,34). The minimum Gasteiger partial charge on any atom is -0.323 e. The van der Waals surface area contributed by atoms with Gasteiger partial charge in [0.15, 0.2) is 11.0 Å². The molecule has 0 aliphatic carbocycles. The highest BCUT2D eigenvalue weighted by atomic mass is 79.9. The van der Waals surface area contributed by atoms with Crippen LogP contribution in [0.4, 0.5) is 5.69 Å². The smallest absolute Gasteiger partial charge is 0.234 e. The molecule has 8 heteroatoms. The molecule has 4 aromatic rings. The molecule has 1 N–H and O–H groups in total. The average molecular weight is 614 g/mol. The summed E-state index contributed by atoms with van der Waals surface area (Å²) in [6.45, 7) is 8.59. The largest absolute Gasteiger partial charge is 0.323 e. The molecular formula is C27H26Br2N4OS. The number of halogens is 2. The van der Waals surface area contributed by atoms with E-state index in [1.54, 1.807) is 0 Å². The van der Waals surface area contributed by atoms with E-state index in [1.807, 2.05) is 54.0 Å². The number of hydrogen-bond donors (Lipinski definition) is 1. The summed E-state index contributed by atoms with van der Waals surface area (Å²) in [5.74, 6) is 0.809. The van der Waals surface area contributed by atoms with Crippen molar-refractivity contribution >= 4 is 55.2 Å². The number of benzene rings is 3. The molecule has 0 saturated heterocycles. The van der Waals surface area contributed by atoms with Crippen molar-refractivity contribution in [3.63, 3.8) is 0 Å². The van der Waals surface area contributed by atoms with Gasteiger partial charge in [0.25, 0.3) is 0 Å². The highest BCUT2D eigenvalue weighted by Crippen LogP contribution is 2.33. The highest BCUT2D eigenvalue weighted by Gasteiger charge is 2.19. The SMILES string of the molecule is Cc1cc(Br)c(NC(=O)CSc2nnc(-c3ccc(C(C)(C)C)cc3)n2-c2ccccc2)c(Br)c1. The summed E-state index contributed by atoms with van der Waals surface area (Å²) >= 11 is 8.42. The summed E-state index contributed by atoms with van der Waals surface area (Å²) in [4.78, 5) is 12.8. The average Bonchev–Trinajstić information content (AvgIpc) is 3.24. The number of nitrogens with zero attached hydrogens (tertiary/aromatic N) is 3. The predicted molar refractivity (Wildman–Crippen MR) is 151 cm³/mol. The number of carbonyl (C=O) groups is 1. The highest BCUT2D eigenvalue weighted by molar-refractivity contribution is 9.11. The van der Waals surface area contributed by atoms with E-state index in [2.05, 4.69) is 92.4 Å². The van der Waals surface area contributed by atoms with Crippen LogP contribution >= 0.6 is 43.6 Å². The minimum absolute atomic E-state index is 0.0709. The van der Waals surface area contributed by atoms with Gasteiger partial charge in [0.1, 0.15) is 0 Å². The van der Waals surface area contributed by atoms with E-state index in [1.165, 1.54) is 17.3 Å². The lowest BCUT2D eigenvalue weighted by Gasteiger charge is -2.19. The minimum atomic E-state index is -0.126. The summed E-state index contributed by atoms with van der Waals surface area (Å²) in [5, 5.41) is 12.6. The van der Waals surface area contributed by atoms with Crippen molar-refractivity contribution in [3.05, 3.63) is 86.8 Å². The van der Waals surface area contributed by atoms with Crippen LogP contribution in [0.1, 0.15) is 31.9 Å². The van der Waals surface area contributed by atoms with E-state index in [0.29, 0.717) is 10.8 Å². The van der Waals surface area contributed by atoms with Crippen molar-refractivity contribution in [3.8, 4) is 17.1 Å². The molecule has 0 unspecified atom stereocenters. The molecule has 0 fully saturated rings. The maximum Gasteiger partial charge on any atom is 0.234 e. The maximum atomic E-state index is 12.8. The summed E-state index contributed by atoms with van der Waals surface area (Å²) < 4.78 is 3.66. The van der Waals surface area contributed by atoms with Crippen molar-refractivity contribution in [1.82, 2.24) is 14.8 Å². The first-order chi connectivity index (χ1) is 16.6. The Morgan fingerprint density at radius 2 is 1.60 bits per heavy atom. The number of carbonyl (C=O) groups excluding carboxylic acids is 1. The van der Waals surface area contributed by atoms with Crippen LogP contribution in [0, 0.1) is 6.92 Å². The van der Waals surface area contributed by atoms with E-state index < -0.39 is 0 Å². The van der Waals surface area contributed by atoms with Crippen molar-refractivity contribution in [2.75, 3.05) is 11.1 Å². The first-order valence-corrected chi connectivity index (χ1v) is 13.7. The van der Waals surface area contributed by atoms with Gasteiger partial charge < -0.3 is 5.32 Å². The molecule has 0 atom stereocenters. The Morgan fingerprint density at radius 3 is 2.20 bits per heavy atom. The number of thioether (sulfide) groups is 1. The van der Waals surface area contributed by atoms with Crippen LogP contribution < -0.4 is 5.32 Å². The van der Waals surface area contributed by atoms with Gasteiger partial charge >= 0.3 is 0 Å². The van der Waals surface area contributed by atoms with Gasteiger partial charge in [-0.05, 0) is 79.6 Å². The summed E-state index contributed by atoms with van der Waals surface area (Å²) in [6, 6.07) is 22.3. The van der Waals surface area contributed by atoms with Crippen LogP contribution in [-0.2, 0) is 10.2 Å². The van der Waals surface area contributed by atoms with Gasteiger partial charge in [0, 0.05) is 20.2 Å². The van der Waals surface area contributed by atoms with E-state index in [9.17, 15) is 4.79 Å². The third-order valence-electron chi connectivity index (χ3n) is 5.44. The Kier molecular flexibility index (Phi) is 7.83. The lowest BCUT2D eigenvalue weighted by atomic mass is 9.87. The van der Waals surface area contributed by atoms with E-state index in [0.717, 1.165) is 31.6 Å². The lowest BCUT2D eigenvalue weighted by molar-refractivity contribution is -0.113. The molecule has 1 heterocycles. The quantitative estimate of drug-likeness (QED) is 0.225. The van der Waals surface area contributed by atoms with Crippen molar-refractivity contribution in [1.29, 1.82) is 0 Å². The van der Waals surface area contributed by atoms with Crippen molar-refractivity contribution < 1.29 is 4.79 Å². The zero-order valence-electron chi connectivity index (χ0n) is 20.0. The second kappa shape index (κ2) is 10.7. The molecule has 35 heavy (non-hydrogen) atoms. The lowest BCUT2D eigenvalue weighted by Crippen LogP contribution is -2.15. The Morgan fingerprint density at radius 1 is 0.971 bits per heavy atom. The topological polar surface area (TPSA) is 59.8 Å². The fraction of sp³-hybridized carbons (Fsp3) is 0.222. The molecular weight excluding hydrogens is 588 g/mol. The van der Waals surface area contributed by atoms with Gasteiger partial charge in [-0.3, -0.25) is 9.36 Å². The van der Waals surface area contributed by atoms with Crippen LogP contribution in [0.5, 0.6) is 0 Å². The Balaban J connectivity index is 1.60. The predicted octanol–water partition coefficient (Wildman–Crippen LogP) is 7.80. The Labute approximate surface area is 227 Å². The monoisotopic (exact) mass is 612 g/mol. The second-order valence-corrected chi connectivity index (χ2v) is 11.9. The van der Waals surface area contributed by atoms with Gasteiger partial charge in [-0.1, -0.05) is 75.0 Å². The Bertz CT molecular complexity index is 1320. The van der Waals surface area contributed by atoms with Crippen molar-refractivity contribution in [2.45, 2.75) is 38.3 Å². The number of aromatic nitrogens is 3.